The number of rotatable bonds is 3. The molecule has 2 rings (SSSR count). The number of benzene rings is 2. The van der Waals surface area contributed by atoms with E-state index in [1.165, 1.54) is 12.1 Å². The summed E-state index contributed by atoms with van der Waals surface area (Å²) in [7, 11) is 0. The molecule has 2 aromatic carbocycles. The third-order valence-corrected chi connectivity index (χ3v) is 2.21. The molecule has 0 aliphatic rings. The molecule has 3 N–H and O–H groups in total. The maximum Gasteiger partial charge on any atom is 0.166 e. The van der Waals surface area contributed by atoms with Gasteiger partial charge in [0.2, 0.25) is 0 Å². The fourth-order valence-electron chi connectivity index (χ4n) is 1.37. The first-order chi connectivity index (χ1) is 8.16. The van der Waals surface area contributed by atoms with Gasteiger partial charge in [-0.3, -0.25) is 5.41 Å². The molecule has 0 aliphatic carbocycles. The lowest BCUT2D eigenvalue weighted by molar-refractivity contribution is 0.442. The third-order valence-electron chi connectivity index (χ3n) is 2.21. The molecule has 0 radical (unpaired) electrons. The number of nitrogen functional groups attached to an aromatic ring is 1. The van der Waals surface area contributed by atoms with Crippen LogP contribution in [0.15, 0.2) is 48.5 Å². The van der Waals surface area contributed by atoms with Crippen molar-refractivity contribution in [1.82, 2.24) is 0 Å². The van der Waals surface area contributed by atoms with Gasteiger partial charge in [-0.2, -0.15) is 0 Å². The minimum atomic E-state index is -0.540. The van der Waals surface area contributed by atoms with Crippen LogP contribution in [0.2, 0.25) is 0 Å². The molecule has 0 spiro atoms. The molecule has 0 bridgehead atoms. The van der Waals surface area contributed by atoms with Gasteiger partial charge in [0.15, 0.2) is 11.6 Å². The molecule has 0 saturated carbocycles. The van der Waals surface area contributed by atoms with Gasteiger partial charge < -0.3 is 10.5 Å². The average Bonchev–Trinajstić information content (AvgIpc) is 2.33. The Kier molecular flexibility index (Phi) is 3.05. The molecular weight excluding hydrogens is 219 g/mol. The zero-order valence-corrected chi connectivity index (χ0v) is 8.98. The van der Waals surface area contributed by atoms with Gasteiger partial charge in [0.25, 0.3) is 0 Å². The maximum absolute atomic E-state index is 13.6. The number of nitrogens with two attached hydrogens (primary N) is 1. The van der Waals surface area contributed by atoms with E-state index < -0.39 is 5.82 Å². The second-order valence-electron chi connectivity index (χ2n) is 3.47. The van der Waals surface area contributed by atoms with Crippen LogP contribution in [0, 0.1) is 11.2 Å². The quantitative estimate of drug-likeness (QED) is 0.629. The Hall–Kier alpha value is -2.36. The zero-order chi connectivity index (χ0) is 12.3. The average molecular weight is 230 g/mol. The van der Waals surface area contributed by atoms with Gasteiger partial charge in [0.05, 0.1) is 0 Å². The van der Waals surface area contributed by atoms with Crippen LogP contribution in [-0.4, -0.2) is 5.84 Å². The lowest BCUT2D eigenvalue weighted by atomic mass is 10.2. The van der Waals surface area contributed by atoms with Gasteiger partial charge in [-0.1, -0.05) is 18.2 Å². The second kappa shape index (κ2) is 4.65. The zero-order valence-electron chi connectivity index (χ0n) is 8.98. The van der Waals surface area contributed by atoms with Gasteiger partial charge >= 0.3 is 0 Å². The number of halogens is 1. The number of amidine groups is 1. The fourth-order valence-corrected chi connectivity index (χ4v) is 1.37. The van der Waals surface area contributed by atoms with Crippen LogP contribution in [0.1, 0.15) is 5.56 Å². The monoisotopic (exact) mass is 230 g/mol. The molecule has 17 heavy (non-hydrogen) atoms. The molecule has 2 aromatic rings. The van der Waals surface area contributed by atoms with Gasteiger partial charge in [-0.05, 0) is 30.3 Å². The first-order valence-corrected chi connectivity index (χ1v) is 5.03. The van der Waals surface area contributed by atoms with Gasteiger partial charge in [-0.15, -0.1) is 0 Å². The molecule has 0 amide bonds. The van der Waals surface area contributed by atoms with Crippen molar-refractivity contribution in [3.8, 4) is 11.5 Å². The summed E-state index contributed by atoms with van der Waals surface area (Å²) in [6.07, 6.45) is 0. The number of para-hydroxylation sites is 1. The molecule has 0 unspecified atom stereocenters. The minimum Gasteiger partial charge on any atom is -0.454 e. The van der Waals surface area contributed by atoms with Crippen LogP contribution in [-0.2, 0) is 0 Å². The van der Waals surface area contributed by atoms with Crippen LogP contribution >= 0.6 is 0 Å². The lowest BCUT2D eigenvalue weighted by Crippen LogP contribution is -2.11. The number of nitrogens with one attached hydrogen (secondary N) is 1. The maximum atomic E-state index is 13.6. The van der Waals surface area contributed by atoms with Crippen molar-refractivity contribution >= 4 is 5.84 Å². The molecule has 0 atom stereocenters. The number of hydrogen-bond acceptors (Lipinski definition) is 2. The summed E-state index contributed by atoms with van der Waals surface area (Å²) in [4.78, 5) is 0. The Morgan fingerprint density at radius 1 is 1.12 bits per heavy atom. The third kappa shape index (κ3) is 2.60. The van der Waals surface area contributed by atoms with Gasteiger partial charge in [0, 0.05) is 5.56 Å². The SMILES string of the molecule is N=C(N)c1ccc(Oc2ccccc2)c(F)c1. The predicted octanol–water partition coefficient (Wildman–Crippen LogP) is 2.90. The Morgan fingerprint density at radius 2 is 1.82 bits per heavy atom. The Labute approximate surface area is 98.2 Å². The summed E-state index contributed by atoms with van der Waals surface area (Å²) in [6, 6.07) is 13.1. The van der Waals surface area contributed by atoms with Crippen molar-refractivity contribution in [2.24, 2.45) is 5.73 Å². The number of ether oxygens (including phenoxy) is 1. The first kappa shape index (κ1) is 11.1. The normalized spacial score (nSPS) is 9.94. The second-order valence-corrected chi connectivity index (χ2v) is 3.47. The number of hydrogen-bond donors (Lipinski definition) is 2. The Morgan fingerprint density at radius 3 is 2.41 bits per heavy atom. The molecule has 0 heterocycles. The molecule has 0 fully saturated rings. The molecule has 3 nitrogen and oxygen atoms in total. The highest BCUT2D eigenvalue weighted by Gasteiger charge is 2.07. The topological polar surface area (TPSA) is 59.1 Å². The highest BCUT2D eigenvalue weighted by molar-refractivity contribution is 5.95. The van der Waals surface area contributed by atoms with Crippen molar-refractivity contribution in [3.63, 3.8) is 0 Å². The van der Waals surface area contributed by atoms with Crippen molar-refractivity contribution < 1.29 is 9.13 Å². The van der Waals surface area contributed by atoms with E-state index in [-0.39, 0.29) is 11.6 Å². The van der Waals surface area contributed by atoms with Crippen LogP contribution in [0.5, 0.6) is 11.5 Å². The first-order valence-electron chi connectivity index (χ1n) is 5.03. The molecule has 4 heteroatoms. The predicted molar refractivity (Wildman–Crippen MR) is 63.9 cm³/mol. The standard InChI is InChI=1S/C13H11FN2O/c14-11-8-9(13(15)16)6-7-12(11)17-10-4-2-1-3-5-10/h1-8H,(H3,15,16). The van der Waals surface area contributed by atoms with E-state index in [0.29, 0.717) is 11.3 Å². The Balaban J connectivity index is 2.26. The van der Waals surface area contributed by atoms with E-state index in [9.17, 15) is 4.39 Å². The van der Waals surface area contributed by atoms with E-state index in [1.54, 1.807) is 30.3 Å². The fraction of sp³-hybridized carbons (Fsp3) is 0. The van der Waals surface area contributed by atoms with E-state index in [4.69, 9.17) is 15.9 Å². The highest BCUT2D eigenvalue weighted by Crippen LogP contribution is 2.24. The molecule has 0 aliphatic heterocycles. The smallest absolute Gasteiger partial charge is 0.166 e. The highest BCUT2D eigenvalue weighted by atomic mass is 19.1. The summed E-state index contributed by atoms with van der Waals surface area (Å²) >= 11 is 0. The van der Waals surface area contributed by atoms with E-state index in [0.717, 1.165) is 0 Å². The molecule has 0 saturated heterocycles. The molecular formula is C13H11FN2O. The lowest BCUT2D eigenvalue weighted by Gasteiger charge is -2.07. The van der Waals surface area contributed by atoms with E-state index in [1.807, 2.05) is 6.07 Å². The molecule has 0 aromatic heterocycles. The van der Waals surface area contributed by atoms with Crippen molar-refractivity contribution in [3.05, 3.63) is 59.9 Å². The minimum absolute atomic E-state index is 0.112. The summed E-state index contributed by atoms with van der Waals surface area (Å²) in [5, 5.41) is 7.19. The van der Waals surface area contributed by atoms with E-state index >= 15 is 0 Å². The van der Waals surface area contributed by atoms with E-state index in [2.05, 4.69) is 0 Å². The van der Waals surface area contributed by atoms with Crippen LogP contribution in [0.3, 0.4) is 0 Å². The van der Waals surface area contributed by atoms with Crippen molar-refractivity contribution in [2.45, 2.75) is 0 Å². The Bertz CT molecular complexity index is 540. The van der Waals surface area contributed by atoms with Crippen molar-refractivity contribution in [1.29, 1.82) is 5.41 Å². The van der Waals surface area contributed by atoms with Crippen LogP contribution < -0.4 is 10.5 Å². The molecule has 86 valence electrons. The van der Waals surface area contributed by atoms with Crippen LogP contribution in [0.4, 0.5) is 4.39 Å². The van der Waals surface area contributed by atoms with Crippen LogP contribution in [0.25, 0.3) is 0 Å². The summed E-state index contributed by atoms with van der Waals surface area (Å²) in [6.45, 7) is 0. The summed E-state index contributed by atoms with van der Waals surface area (Å²) in [5.41, 5.74) is 5.60. The summed E-state index contributed by atoms with van der Waals surface area (Å²) < 4.78 is 19.0. The van der Waals surface area contributed by atoms with Crippen molar-refractivity contribution in [2.75, 3.05) is 0 Å². The largest absolute Gasteiger partial charge is 0.454 e. The van der Waals surface area contributed by atoms with Gasteiger partial charge in [-0.25, -0.2) is 4.39 Å². The van der Waals surface area contributed by atoms with Gasteiger partial charge in [0.1, 0.15) is 11.6 Å². The summed E-state index contributed by atoms with van der Waals surface area (Å²) in [5.74, 6) is -0.0418.